The van der Waals surface area contributed by atoms with Crippen molar-refractivity contribution in [2.45, 2.75) is 56.9 Å². The minimum absolute atomic E-state index is 0.641. The van der Waals surface area contributed by atoms with Crippen molar-refractivity contribution >= 4 is 0 Å². The molecule has 0 aromatic carbocycles. The summed E-state index contributed by atoms with van der Waals surface area (Å²) in [5.74, 6) is 3.80. The molecule has 2 saturated carbocycles. The van der Waals surface area contributed by atoms with Crippen molar-refractivity contribution in [3.8, 4) is 0 Å². The molecule has 2 aliphatic carbocycles. The quantitative estimate of drug-likeness (QED) is 0.822. The highest BCUT2D eigenvalue weighted by molar-refractivity contribution is 5.29. The molecule has 0 unspecified atom stereocenters. The van der Waals surface area contributed by atoms with Crippen LogP contribution in [0.4, 0.5) is 0 Å². The van der Waals surface area contributed by atoms with E-state index < -0.39 is 0 Å². The van der Waals surface area contributed by atoms with Gasteiger partial charge in [0.15, 0.2) is 0 Å². The van der Waals surface area contributed by atoms with E-state index in [0.29, 0.717) is 18.4 Å². The maximum atomic E-state index is 6.03. The van der Waals surface area contributed by atoms with Gasteiger partial charge in [-0.15, -0.1) is 0 Å². The van der Waals surface area contributed by atoms with E-state index in [1.165, 1.54) is 55.6 Å². The lowest BCUT2D eigenvalue weighted by Crippen LogP contribution is -1.97. The molecule has 1 heterocycles. The molecule has 0 amide bonds. The van der Waals surface area contributed by atoms with Crippen LogP contribution in [0.2, 0.25) is 0 Å². The van der Waals surface area contributed by atoms with Crippen molar-refractivity contribution in [3.63, 3.8) is 0 Å². The fourth-order valence-corrected chi connectivity index (χ4v) is 2.73. The molecule has 0 saturated heterocycles. The first-order chi connectivity index (χ1) is 7.38. The molecule has 2 N–H and O–H groups in total. The van der Waals surface area contributed by atoms with Crippen molar-refractivity contribution in [2.24, 2.45) is 5.73 Å². The van der Waals surface area contributed by atoms with Crippen LogP contribution in [0.15, 0.2) is 10.5 Å². The predicted molar refractivity (Wildman–Crippen MR) is 59.8 cm³/mol. The Morgan fingerprint density at radius 3 is 2.47 bits per heavy atom. The van der Waals surface area contributed by atoms with Crippen LogP contribution in [-0.4, -0.2) is 0 Å². The van der Waals surface area contributed by atoms with Crippen LogP contribution in [0, 0.1) is 0 Å². The number of nitrogens with two attached hydrogens (primary N) is 1. The summed E-state index contributed by atoms with van der Waals surface area (Å²) >= 11 is 0. The second kappa shape index (κ2) is 3.67. The molecule has 0 atom stereocenters. The van der Waals surface area contributed by atoms with E-state index in [1.807, 2.05) is 0 Å². The highest BCUT2D eigenvalue weighted by atomic mass is 16.3. The van der Waals surface area contributed by atoms with Crippen molar-refractivity contribution in [3.05, 3.63) is 23.2 Å². The van der Waals surface area contributed by atoms with Crippen LogP contribution < -0.4 is 5.73 Å². The Morgan fingerprint density at radius 2 is 1.87 bits per heavy atom. The first-order valence-electron chi connectivity index (χ1n) is 6.21. The molecule has 0 aliphatic heterocycles. The van der Waals surface area contributed by atoms with E-state index in [4.69, 9.17) is 10.2 Å². The van der Waals surface area contributed by atoms with E-state index in [-0.39, 0.29) is 0 Å². The molecule has 2 heteroatoms. The normalized spacial score (nSPS) is 22.5. The summed E-state index contributed by atoms with van der Waals surface area (Å²) in [4.78, 5) is 0. The maximum Gasteiger partial charge on any atom is 0.111 e. The molecule has 82 valence electrons. The van der Waals surface area contributed by atoms with E-state index in [1.54, 1.807) is 0 Å². The van der Waals surface area contributed by atoms with Crippen LogP contribution in [-0.2, 0) is 6.54 Å². The van der Waals surface area contributed by atoms with E-state index in [9.17, 15) is 0 Å². The van der Waals surface area contributed by atoms with Crippen LogP contribution in [0.25, 0.3) is 0 Å². The van der Waals surface area contributed by atoms with Crippen molar-refractivity contribution in [2.75, 3.05) is 0 Å². The third kappa shape index (κ3) is 1.71. The third-order valence-electron chi connectivity index (χ3n) is 3.79. The molecule has 2 aliphatic rings. The van der Waals surface area contributed by atoms with Gasteiger partial charge >= 0.3 is 0 Å². The van der Waals surface area contributed by atoms with Gasteiger partial charge in [-0.1, -0.05) is 12.8 Å². The summed E-state index contributed by atoms with van der Waals surface area (Å²) in [6.07, 6.45) is 7.93. The Bertz CT molecular complexity index is 345. The average Bonchev–Trinajstić information content (AvgIpc) is 2.83. The van der Waals surface area contributed by atoms with Crippen molar-refractivity contribution in [1.29, 1.82) is 0 Å². The summed E-state index contributed by atoms with van der Waals surface area (Å²) in [5.41, 5.74) is 7.03. The van der Waals surface area contributed by atoms with Crippen LogP contribution >= 0.6 is 0 Å². The topological polar surface area (TPSA) is 39.2 Å². The van der Waals surface area contributed by atoms with Gasteiger partial charge in [0.1, 0.15) is 11.5 Å². The molecule has 2 nitrogen and oxygen atoms in total. The maximum absolute atomic E-state index is 6.03. The standard InChI is InChI=1S/C13H19NO/c14-8-11-7-12(9-3-1-2-4-9)15-13(11)10-5-6-10/h7,9-10H,1-6,8,14H2. The Labute approximate surface area is 90.8 Å². The van der Waals surface area contributed by atoms with Gasteiger partial charge in [0.25, 0.3) is 0 Å². The second-order valence-corrected chi connectivity index (χ2v) is 5.00. The number of furan rings is 1. The zero-order valence-corrected chi connectivity index (χ0v) is 9.17. The molecule has 1 aromatic rings. The summed E-state index contributed by atoms with van der Waals surface area (Å²) in [7, 11) is 0. The fraction of sp³-hybridized carbons (Fsp3) is 0.692. The first-order valence-corrected chi connectivity index (χ1v) is 6.21. The molecule has 1 aromatic heterocycles. The largest absolute Gasteiger partial charge is 0.465 e. The number of hydrogen-bond donors (Lipinski definition) is 1. The van der Waals surface area contributed by atoms with Crippen molar-refractivity contribution in [1.82, 2.24) is 0 Å². The SMILES string of the molecule is NCc1cc(C2CCCC2)oc1C1CC1. The lowest BCUT2D eigenvalue weighted by atomic mass is 10.0. The third-order valence-corrected chi connectivity index (χ3v) is 3.79. The van der Waals surface area contributed by atoms with Crippen molar-refractivity contribution < 1.29 is 4.42 Å². The molecule has 15 heavy (non-hydrogen) atoms. The first kappa shape index (κ1) is 9.46. The Balaban J connectivity index is 1.88. The van der Waals surface area contributed by atoms with Gasteiger partial charge in [0.05, 0.1) is 0 Å². The van der Waals surface area contributed by atoms with Gasteiger partial charge in [-0.05, 0) is 31.7 Å². The summed E-state index contributed by atoms with van der Waals surface area (Å²) in [6, 6.07) is 2.23. The summed E-state index contributed by atoms with van der Waals surface area (Å²) in [5, 5.41) is 0. The molecule has 0 radical (unpaired) electrons. The fourth-order valence-electron chi connectivity index (χ4n) is 2.73. The van der Waals surface area contributed by atoms with Crippen LogP contribution in [0.1, 0.15) is 67.4 Å². The summed E-state index contributed by atoms with van der Waals surface area (Å²) < 4.78 is 6.03. The van der Waals surface area contributed by atoms with E-state index >= 15 is 0 Å². The molecule has 0 bridgehead atoms. The lowest BCUT2D eigenvalue weighted by molar-refractivity contribution is 0.430. The van der Waals surface area contributed by atoms with Gasteiger partial charge in [-0.2, -0.15) is 0 Å². The number of rotatable bonds is 3. The molecule has 0 spiro atoms. The Hall–Kier alpha value is -0.760. The van der Waals surface area contributed by atoms with Gasteiger partial charge in [-0.3, -0.25) is 0 Å². The van der Waals surface area contributed by atoms with Gasteiger partial charge in [0, 0.05) is 23.9 Å². The monoisotopic (exact) mass is 205 g/mol. The predicted octanol–water partition coefficient (Wildman–Crippen LogP) is 3.27. The zero-order valence-electron chi connectivity index (χ0n) is 9.17. The average molecular weight is 205 g/mol. The zero-order chi connectivity index (χ0) is 10.3. The Kier molecular flexibility index (Phi) is 2.32. The van der Waals surface area contributed by atoms with E-state index in [2.05, 4.69) is 6.07 Å². The second-order valence-electron chi connectivity index (χ2n) is 5.00. The smallest absolute Gasteiger partial charge is 0.111 e. The number of hydrogen-bond acceptors (Lipinski definition) is 2. The van der Waals surface area contributed by atoms with Crippen LogP contribution in [0.5, 0.6) is 0 Å². The van der Waals surface area contributed by atoms with E-state index in [0.717, 1.165) is 0 Å². The minimum Gasteiger partial charge on any atom is -0.465 e. The Morgan fingerprint density at radius 1 is 1.13 bits per heavy atom. The molecule has 3 rings (SSSR count). The molecular weight excluding hydrogens is 186 g/mol. The summed E-state index contributed by atoms with van der Waals surface area (Å²) in [6.45, 7) is 0.641. The highest BCUT2D eigenvalue weighted by Gasteiger charge is 2.31. The highest BCUT2D eigenvalue weighted by Crippen LogP contribution is 2.45. The van der Waals surface area contributed by atoms with Gasteiger partial charge in [-0.25, -0.2) is 0 Å². The molecule has 2 fully saturated rings. The van der Waals surface area contributed by atoms with Crippen LogP contribution in [0.3, 0.4) is 0 Å². The molecular formula is C13H19NO. The van der Waals surface area contributed by atoms with Gasteiger partial charge in [0.2, 0.25) is 0 Å². The minimum atomic E-state index is 0.641. The van der Waals surface area contributed by atoms with Gasteiger partial charge < -0.3 is 10.2 Å². The lowest BCUT2D eigenvalue weighted by Gasteiger charge is -2.03.